The normalized spacial score (nSPS) is 18.9. The first kappa shape index (κ1) is 15.8. The highest BCUT2D eigenvalue weighted by Crippen LogP contribution is 2.34. The maximum atomic E-state index is 12.4. The van der Waals surface area contributed by atoms with E-state index in [2.05, 4.69) is 4.72 Å². The third-order valence-corrected chi connectivity index (χ3v) is 7.11. The molecule has 0 spiro atoms. The molecule has 0 amide bonds. The van der Waals surface area contributed by atoms with Crippen LogP contribution in [-0.2, 0) is 14.8 Å². The molecule has 1 heterocycles. The second kappa shape index (κ2) is 5.63. The average Bonchev–Trinajstić information content (AvgIpc) is 2.71. The van der Waals surface area contributed by atoms with Gasteiger partial charge in [-0.05, 0) is 31.4 Å². The summed E-state index contributed by atoms with van der Waals surface area (Å²) in [5.74, 6) is -1.11. The molecular weight excluding hydrogens is 322 g/mol. The zero-order valence-electron chi connectivity index (χ0n) is 11.0. The number of carboxylic acid groups (broad SMARTS) is 1. The van der Waals surface area contributed by atoms with Crippen molar-refractivity contribution in [3.05, 3.63) is 16.0 Å². The molecule has 0 aliphatic heterocycles. The number of hydrogen-bond donors (Lipinski definition) is 2. The third-order valence-electron chi connectivity index (χ3n) is 3.55. The number of nitrogens with one attached hydrogen (secondary N) is 1. The molecule has 8 heteroatoms. The minimum atomic E-state index is -3.86. The maximum absolute atomic E-state index is 12.4. The molecule has 0 aromatic carbocycles. The summed E-state index contributed by atoms with van der Waals surface area (Å²) in [5.41, 5.74) is -0.716. The summed E-state index contributed by atoms with van der Waals surface area (Å²) < 4.78 is 27.6. The molecule has 0 unspecified atom stereocenters. The molecule has 1 aromatic heterocycles. The molecule has 1 saturated carbocycles. The first-order valence-electron chi connectivity index (χ1n) is 6.30. The number of sulfonamides is 1. The van der Waals surface area contributed by atoms with Crippen molar-refractivity contribution in [1.82, 2.24) is 4.72 Å². The van der Waals surface area contributed by atoms with Crippen LogP contribution in [0.15, 0.2) is 10.3 Å². The summed E-state index contributed by atoms with van der Waals surface area (Å²) >= 11 is 6.83. The second-order valence-electron chi connectivity index (χ2n) is 5.08. The molecule has 0 radical (unpaired) electrons. The van der Waals surface area contributed by atoms with Crippen molar-refractivity contribution in [2.24, 2.45) is 0 Å². The predicted molar refractivity (Wildman–Crippen MR) is 77.8 cm³/mol. The van der Waals surface area contributed by atoms with Gasteiger partial charge >= 0.3 is 5.97 Å². The number of halogens is 1. The summed E-state index contributed by atoms with van der Waals surface area (Å²) in [6, 6.07) is 1.47. The van der Waals surface area contributed by atoms with Gasteiger partial charge in [-0.25, -0.2) is 8.42 Å². The van der Waals surface area contributed by atoms with Crippen LogP contribution in [0.2, 0.25) is 4.34 Å². The summed E-state index contributed by atoms with van der Waals surface area (Å²) in [5, 5.41) is 9.41. The number of carbonyl (C=O) groups is 1. The van der Waals surface area contributed by atoms with Crippen LogP contribution in [0.25, 0.3) is 0 Å². The zero-order chi connectivity index (χ0) is 15.0. The molecule has 1 fully saturated rings. The molecule has 0 saturated heterocycles. The van der Waals surface area contributed by atoms with E-state index >= 15 is 0 Å². The summed E-state index contributed by atoms with van der Waals surface area (Å²) in [4.78, 5) is 11.5. The molecule has 112 valence electrons. The Morgan fingerprint density at radius 3 is 2.45 bits per heavy atom. The molecule has 5 nitrogen and oxygen atoms in total. The largest absolute Gasteiger partial charge is 0.480 e. The van der Waals surface area contributed by atoms with Crippen LogP contribution in [0.5, 0.6) is 0 Å². The van der Waals surface area contributed by atoms with Gasteiger partial charge in [0.15, 0.2) is 0 Å². The number of aryl methyl sites for hydroxylation is 1. The number of aliphatic carboxylic acids is 1. The van der Waals surface area contributed by atoms with Gasteiger partial charge in [0.05, 0.1) is 4.34 Å². The molecule has 2 N–H and O–H groups in total. The van der Waals surface area contributed by atoms with E-state index < -0.39 is 21.5 Å². The molecule has 1 aliphatic carbocycles. The SMILES string of the molecule is Cc1cc(S(=O)(=O)NC2(C(=O)O)CCCCC2)sc1Cl. The van der Waals surface area contributed by atoms with E-state index in [0.29, 0.717) is 35.6 Å². The van der Waals surface area contributed by atoms with Crippen molar-refractivity contribution in [2.75, 3.05) is 0 Å². The predicted octanol–water partition coefficient (Wildman–Crippen LogP) is 2.78. The van der Waals surface area contributed by atoms with Crippen LogP contribution >= 0.6 is 22.9 Å². The fourth-order valence-electron chi connectivity index (χ4n) is 2.39. The van der Waals surface area contributed by atoms with Crippen LogP contribution in [-0.4, -0.2) is 25.0 Å². The fourth-order valence-corrected chi connectivity index (χ4v) is 5.51. The van der Waals surface area contributed by atoms with E-state index in [0.717, 1.165) is 17.8 Å². The minimum Gasteiger partial charge on any atom is -0.480 e. The quantitative estimate of drug-likeness (QED) is 0.884. The van der Waals surface area contributed by atoms with Crippen LogP contribution < -0.4 is 4.72 Å². The van der Waals surface area contributed by atoms with E-state index in [1.54, 1.807) is 6.92 Å². The van der Waals surface area contributed by atoms with Gasteiger partial charge in [0.1, 0.15) is 9.75 Å². The number of hydrogen-bond acceptors (Lipinski definition) is 4. The van der Waals surface area contributed by atoms with Gasteiger partial charge in [-0.3, -0.25) is 4.79 Å². The standard InChI is InChI=1S/C12H16ClNO4S2/c1-8-7-9(19-10(8)13)20(17,18)14-12(11(15)16)5-3-2-4-6-12/h7,14H,2-6H2,1H3,(H,15,16). The summed E-state index contributed by atoms with van der Waals surface area (Å²) in [7, 11) is -3.86. The van der Waals surface area contributed by atoms with E-state index in [-0.39, 0.29) is 4.21 Å². The number of carboxylic acids is 1. The molecule has 0 bridgehead atoms. The van der Waals surface area contributed by atoms with Crippen LogP contribution in [0, 0.1) is 6.92 Å². The van der Waals surface area contributed by atoms with E-state index in [1.165, 1.54) is 6.07 Å². The lowest BCUT2D eigenvalue weighted by Gasteiger charge is -2.33. The molecule has 20 heavy (non-hydrogen) atoms. The Balaban J connectivity index is 2.32. The molecular formula is C12H16ClNO4S2. The first-order valence-corrected chi connectivity index (χ1v) is 8.98. The summed E-state index contributed by atoms with van der Waals surface area (Å²) in [6.45, 7) is 1.71. The van der Waals surface area contributed by atoms with Crippen LogP contribution in [0.3, 0.4) is 0 Å². The second-order valence-corrected chi connectivity index (χ2v) is 8.64. The van der Waals surface area contributed by atoms with Crippen molar-refractivity contribution in [2.45, 2.75) is 48.8 Å². The van der Waals surface area contributed by atoms with Crippen LogP contribution in [0.1, 0.15) is 37.7 Å². The molecule has 1 aromatic rings. The van der Waals surface area contributed by atoms with Gasteiger partial charge in [0, 0.05) is 0 Å². The van der Waals surface area contributed by atoms with Gasteiger partial charge in [-0.2, -0.15) is 4.72 Å². The van der Waals surface area contributed by atoms with Gasteiger partial charge in [0.2, 0.25) is 0 Å². The smallest absolute Gasteiger partial charge is 0.324 e. The van der Waals surface area contributed by atoms with Crippen LogP contribution in [0.4, 0.5) is 0 Å². The van der Waals surface area contributed by atoms with E-state index in [9.17, 15) is 18.3 Å². The topological polar surface area (TPSA) is 83.5 Å². The third kappa shape index (κ3) is 3.00. The number of thiophene rings is 1. The highest BCUT2D eigenvalue weighted by Gasteiger charge is 2.43. The Morgan fingerprint density at radius 2 is 2.00 bits per heavy atom. The van der Waals surface area contributed by atoms with Crippen molar-refractivity contribution >= 4 is 38.9 Å². The fraction of sp³-hybridized carbons (Fsp3) is 0.583. The van der Waals surface area contributed by atoms with Crippen molar-refractivity contribution in [3.63, 3.8) is 0 Å². The average molecular weight is 338 g/mol. The Bertz CT molecular complexity index is 598. The lowest BCUT2D eigenvalue weighted by molar-refractivity contribution is -0.145. The van der Waals surface area contributed by atoms with E-state index in [4.69, 9.17) is 11.6 Å². The van der Waals surface area contributed by atoms with Crippen molar-refractivity contribution in [3.8, 4) is 0 Å². The Morgan fingerprint density at radius 1 is 1.40 bits per heavy atom. The lowest BCUT2D eigenvalue weighted by Crippen LogP contribution is -2.55. The van der Waals surface area contributed by atoms with Gasteiger partial charge in [-0.15, -0.1) is 11.3 Å². The highest BCUT2D eigenvalue weighted by atomic mass is 35.5. The van der Waals surface area contributed by atoms with E-state index in [1.807, 2.05) is 0 Å². The lowest BCUT2D eigenvalue weighted by atomic mass is 9.83. The molecule has 0 atom stereocenters. The van der Waals surface area contributed by atoms with Crippen molar-refractivity contribution in [1.29, 1.82) is 0 Å². The molecule has 1 aliphatic rings. The van der Waals surface area contributed by atoms with Gasteiger partial charge < -0.3 is 5.11 Å². The Hall–Kier alpha value is -0.630. The minimum absolute atomic E-state index is 0.0613. The van der Waals surface area contributed by atoms with Gasteiger partial charge in [0.25, 0.3) is 10.0 Å². The Labute approximate surface area is 127 Å². The highest BCUT2D eigenvalue weighted by molar-refractivity contribution is 7.91. The number of rotatable bonds is 4. The monoisotopic (exact) mass is 337 g/mol. The van der Waals surface area contributed by atoms with Gasteiger partial charge in [-0.1, -0.05) is 30.9 Å². The zero-order valence-corrected chi connectivity index (χ0v) is 13.4. The Kier molecular flexibility index (Phi) is 4.44. The van der Waals surface area contributed by atoms with Crippen molar-refractivity contribution < 1.29 is 18.3 Å². The maximum Gasteiger partial charge on any atom is 0.324 e. The first-order chi connectivity index (χ1) is 9.27. The molecule has 2 rings (SSSR count). The summed E-state index contributed by atoms with van der Waals surface area (Å²) in [6.07, 6.45) is 2.98.